The lowest BCUT2D eigenvalue weighted by atomic mass is 10.2. The average Bonchev–Trinajstić information content (AvgIpc) is 3.34. The molecule has 0 saturated carbocycles. The van der Waals surface area contributed by atoms with Gasteiger partial charge in [0.2, 0.25) is 17.6 Å². The van der Waals surface area contributed by atoms with E-state index in [1.807, 2.05) is 29.6 Å². The monoisotopic (exact) mass is 404 g/mol. The van der Waals surface area contributed by atoms with Crippen LogP contribution in [0, 0.1) is 0 Å². The van der Waals surface area contributed by atoms with Crippen LogP contribution in [-0.2, 0) is 11.2 Å². The third-order valence-electron chi connectivity index (χ3n) is 3.60. The van der Waals surface area contributed by atoms with Crippen molar-refractivity contribution in [3.05, 3.63) is 46.6 Å². The van der Waals surface area contributed by atoms with E-state index in [1.54, 1.807) is 17.4 Å². The summed E-state index contributed by atoms with van der Waals surface area (Å²) in [6.07, 6.45) is 1.53. The molecule has 0 radical (unpaired) electrons. The van der Waals surface area contributed by atoms with Gasteiger partial charge in [-0.05, 0) is 36.1 Å². The Bertz CT molecular complexity index is 1040. The number of aryl methyl sites for hydroxylation is 1. The third kappa shape index (κ3) is 3.92. The number of thiazole rings is 1. The Morgan fingerprint density at radius 2 is 2.19 bits per heavy atom. The van der Waals surface area contributed by atoms with Gasteiger partial charge in [-0.15, -0.1) is 11.3 Å². The second-order valence-corrected chi connectivity index (χ2v) is 7.94. The number of halogens is 1. The van der Waals surface area contributed by atoms with Gasteiger partial charge in [0.15, 0.2) is 5.13 Å². The van der Waals surface area contributed by atoms with Crippen molar-refractivity contribution < 1.29 is 9.32 Å². The van der Waals surface area contributed by atoms with Gasteiger partial charge in [-0.3, -0.25) is 4.79 Å². The number of nitrogens with zero attached hydrogens (tertiary/aromatic N) is 3. The smallest absolute Gasteiger partial charge is 0.226 e. The molecule has 1 aromatic carbocycles. The summed E-state index contributed by atoms with van der Waals surface area (Å²) in [5, 5.41) is 9.98. The fraction of sp³-hybridized carbons (Fsp3) is 0.176. The summed E-state index contributed by atoms with van der Waals surface area (Å²) in [6.45, 7) is 0. The molecule has 0 aliphatic rings. The number of hydrogen-bond acceptors (Lipinski definition) is 7. The fourth-order valence-electron chi connectivity index (χ4n) is 2.40. The van der Waals surface area contributed by atoms with E-state index in [4.69, 9.17) is 16.1 Å². The summed E-state index contributed by atoms with van der Waals surface area (Å²) in [5.74, 6) is 1.04. The SMILES string of the molecule is O=C(CCCc1nc(-c2cccs2)no1)Nc1nc2ccc(Cl)cc2s1. The molecule has 0 saturated heterocycles. The predicted octanol–water partition coefficient (Wildman–Crippen LogP) is 5.02. The fourth-order valence-corrected chi connectivity index (χ4v) is 4.20. The normalized spacial score (nSPS) is 11.1. The second-order valence-electron chi connectivity index (χ2n) is 5.52. The van der Waals surface area contributed by atoms with Gasteiger partial charge in [-0.1, -0.05) is 34.2 Å². The standard InChI is InChI=1S/C17H13ClN4O2S2/c18-10-6-7-11-13(9-10)26-17(19-11)20-14(23)4-1-5-15-21-16(22-24-15)12-3-2-8-25-12/h2-3,6-9H,1,4-5H2,(H,19,20,23). The maximum atomic E-state index is 12.1. The number of thiophene rings is 1. The minimum absolute atomic E-state index is 0.0897. The highest BCUT2D eigenvalue weighted by atomic mass is 35.5. The number of nitrogens with one attached hydrogen (secondary N) is 1. The first kappa shape index (κ1) is 17.1. The zero-order chi connectivity index (χ0) is 17.9. The van der Waals surface area contributed by atoms with E-state index in [1.165, 1.54) is 11.3 Å². The van der Waals surface area contributed by atoms with Crippen molar-refractivity contribution in [3.8, 4) is 10.7 Å². The van der Waals surface area contributed by atoms with Gasteiger partial charge in [-0.2, -0.15) is 4.98 Å². The number of aromatic nitrogens is 3. The van der Waals surface area contributed by atoms with E-state index < -0.39 is 0 Å². The summed E-state index contributed by atoms with van der Waals surface area (Å²) in [4.78, 5) is 21.8. The van der Waals surface area contributed by atoms with E-state index in [-0.39, 0.29) is 5.91 Å². The summed E-state index contributed by atoms with van der Waals surface area (Å²) >= 11 is 8.93. The molecule has 0 fully saturated rings. The number of fused-ring (bicyclic) bond motifs is 1. The van der Waals surface area contributed by atoms with Gasteiger partial charge in [0, 0.05) is 17.9 Å². The highest BCUT2D eigenvalue weighted by molar-refractivity contribution is 7.22. The van der Waals surface area contributed by atoms with E-state index >= 15 is 0 Å². The zero-order valence-electron chi connectivity index (χ0n) is 13.4. The quantitative estimate of drug-likeness (QED) is 0.487. The lowest BCUT2D eigenvalue weighted by Gasteiger charge is -1.99. The van der Waals surface area contributed by atoms with E-state index in [0.29, 0.717) is 41.1 Å². The number of benzene rings is 1. The topological polar surface area (TPSA) is 80.9 Å². The minimum Gasteiger partial charge on any atom is -0.339 e. The molecule has 4 aromatic rings. The molecule has 0 spiro atoms. The first-order valence-corrected chi connectivity index (χ1v) is 9.97. The molecule has 3 aromatic heterocycles. The van der Waals surface area contributed by atoms with Gasteiger partial charge in [0.25, 0.3) is 0 Å². The Balaban J connectivity index is 1.29. The molecule has 0 aliphatic carbocycles. The molecule has 6 nitrogen and oxygen atoms in total. The van der Waals surface area contributed by atoms with E-state index in [2.05, 4.69) is 20.4 Å². The van der Waals surface area contributed by atoms with Crippen LogP contribution in [0.1, 0.15) is 18.7 Å². The highest BCUT2D eigenvalue weighted by Gasteiger charge is 2.11. The number of amides is 1. The zero-order valence-corrected chi connectivity index (χ0v) is 15.8. The second kappa shape index (κ2) is 7.53. The first-order valence-electron chi connectivity index (χ1n) is 7.90. The van der Waals surface area contributed by atoms with Crippen LogP contribution in [0.5, 0.6) is 0 Å². The Kier molecular flexibility index (Phi) is 4.96. The van der Waals surface area contributed by atoms with E-state index in [0.717, 1.165) is 15.1 Å². The van der Waals surface area contributed by atoms with Crippen LogP contribution in [0.3, 0.4) is 0 Å². The minimum atomic E-state index is -0.0897. The number of carbonyl (C=O) groups is 1. The predicted molar refractivity (Wildman–Crippen MR) is 104 cm³/mol. The van der Waals surface area contributed by atoms with Crippen molar-refractivity contribution >= 4 is 55.5 Å². The number of anilines is 1. The van der Waals surface area contributed by atoms with Crippen molar-refractivity contribution in [2.24, 2.45) is 0 Å². The summed E-state index contributed by atoms with van der Waals surface area (Å²) < 4.78 is 6.17. The van der Waals surface area contributed by atoms with Gasteiger partial charge < -0.3 is 9.84 Å². The van der Waals surface area contributed by atoms with Crippen LogP contribution in [-0.4, -0.2) is 21.0 Å². The maximum Gasteiger partial charge on any atom is 0.226 e. The summed E-state index contributed by atoms with van der Waals surface area (Å²) in [5.41, 5.74) is 0.821. The van der Waals surface area contributed by atoms with Gasteiger partial charge in [-0.25, -0.2) is 4.98 Å². The van der Waals surface area contributed by atoms with Crippen LogP contribution < -0.4 is 5.32 Å². The Hall–Kier alpha value is -2.29. The van der Waals surface area contributed by atoms with Gasteiger partial charge >= 0.3 is 0 Å². The number of hydrogen-bond donors (Lipinski definition) is 1. The van der Waals surface area contributed by atoms with Crippen molar-refractivity contribution in [1.29, 1.82) is 0 Å². The Labute approximate surface area is 161 Å². The van der Waals surface area contributed by atoms with Crippen LogP contribution in [0.15, 0.2) is 40.2 Å². The van der Waals surface area contributed by atoms with Gasteiger partial charge in [0.1, 0.15) is 0 Å². The first-order chi connectivity index (χ1) is 12.7. The van der Waals surface area contributed by atoms with Crippen molar-refractivity contribution in [1.82, 2.24) is 15.1 Å². The largest absolute Gasteiger partial charge is 0.339 e. The molecule has 0 bridgehead atoms. The highest BCUT2D eigenvalue weighted by Crippen LogP contribution is 2.28. The molecule has 0 unspecified atom stereocenters. The molecule has 9 heteroatoms. The molecular weight excluding hydrogens is 392 g/mol. The van der Waals surface area contributed by atoms with E-state index in [9.17, 15) is 4.79 Å². The molecule has 26 heavy (non-hydrogen) atoms. The molecule has 3 heterocycles. The molecule has 132 valence electrons. The average molecular weight is 405 g/mol. The molecule has 1 N–H and O–H groups in total. The Morgan fingerprint density at radius 3 is 3.04 bits per heavy atom. The molecule has 4 rings (SSSR count). The van der Waals surface area contributed by atoms with Crippen molar-refractivity contribution in [2.75, 3.05) is 5.32 Å². The molecular formula is C17H13ClN4O2S2. The number of carbonyl (C=O) groups excluding carboxylic acids is 1. The lowest BCUT2D eigenvalue weighted by molar-refractivity contribution is -0.116. The summed E-state index contributed by atoms with van der Waals surface area (Å²) in [6, 6.07) is 9.34. The van der Waals surface area contributed by atoms with Crippen LogP contribution in [0.25, 0.3) is 20.9 Å². The van der Waals surface area contributed by atoms with Crippen LogP contribution in [0.2, 0.25) is 5.02 Å². The van der Waals surface area contributed by atoms with Crippen LogP contribution >= 0.6 is 34.3 Å². The number of rotatable bonds is 6. The third-order valence-corrected chi connectivity index (χ3v) is 5.64. The molecule has 0 aliphatic heterocycles. The lowest BCUT2D eigenvalue weighted by Crippen LogP contribution is -2.11. The maximum absolute atomic E-state index is 12.1. The van der Waals surface area contributed by atoms with Crippen molar-refractivity contribution in [2.45, 2.75) is 19.3 Å². The van der Waals surface area contributed by atoms with Crippen LogP contribution in [0.4, 0.5) is 5.13 Å². The Morgan fingerprint density at radius 1 is 1.27 bits per heavy atom. The molecule has 1 amide bonds. The molecule has 0 atom stereocenters. The summed E-state index contributed by atoms with van der Waals surface area (Å²) in [7, 11) is 0. The van der Waals surface area contributed by atoms with Crippen molar-refractivity contribution in [3.63, 3.8) is 0 Å². The van der Waals surface area contributed by atoms with Gasteiger partial charge in [0.05, 0.1) is 15.1 Å².